The number of piperazine rings is 1. The summed E-state index contributed by atoms with van der Waals surface area (Å²) in [5.74, 6) is -0.355. The predicted octanol–water partition coefficient (Wildman–Crippen LogP) is 2.51. The van der Waals surface area contributed by atoms with E-state index >= 15 is 0 Å². The Kier molecular flexibility index (Phi) is 5.19. The highest BCUT2D eigenvalue weighted by Gasteiger charge is 2.20. The van der Waals surface area contributed by atoms with E-state index in [9.17, 15) is 9.59 Å². The predicted molar refractivity (Wildman–Crippen MR) is 94.5 cm³/mol. The molecule has 0 unspecified atom stereocenters. The summed E-state index contributed by atoms with van der Waals surface area (Å²) in [6.07, 6.45) is -0.269. The quantitative estimate of drug-likeness (QED) is 0.802. The second kappa shape index (κ2) is 7.53. The van der Waals surface area contributed by atoms with E-state index < -0.39 is 0 Å². The van der Waals surface area contributed by atoms with Crippen molar-refractivity contribution in [3.63, 3.8) is 0 Å². The molecule has 1 amide bonds. The molecule has 1 heterocycles. The summed E-state index contributed by atoms with van der Waals surface area (Å²) in [6.45, 7) is 3.37. The van der Waals surface area contributed by atoms with Crippen LogP contribution in [-0.2, 0) is 16.1 Å². The van der Waals surface area contributed by atoms with Gasteiger partial charge in [0.05, 0.1) is 12.7 Å². The highest BCUT2D eigenvalue weighted by molar-refractivity contribution is 5.95. The maximum atomic E-state index is 12.1. The van der Waals surface area contributed by atoms with Gasteiger partial charge in [-0.3, -0.25) is 0 Å². The molecule has 0 bridgehead atoms. The smallest absolute Gasteiger partial charge is 0.410 e. The lowest BCUT2D eigenvalue weighted by Crippen LogP contribution is -2.47. The maximum absolute atomic E-state index is 12.1. The molecule has 0 spiro atoms. The Balaban J connectivity index is 1.64. The number of methoxy groups -OCH3 is 1. The first-order valence-electron chi connectivity index (χ1n) is 8.28. The molecule has 0 saturated carbocycles. The van der Waals surface area contributed by atoms with Crippen molar-refractivity contribution in [3.05, 3.63) is 47.5 Å². The van der Waals surface area contributed by atoms with Crippen LogP contribution in [0.15, 0.2) is 36.4 Å². The number of likely N-dealkylation sites (N-methyl/N-ethyl adjacent to an activating group) is 1. The first-order chi connectivity index (χ1) is 12.1. The highest BCUT2D eigenvalue weighted by atomic mass is 16.6. The average molecular weight is 342 g/mol. The van der Waals surface area contributed by atoms with Gasteiger partial charge in [0.25, 0.3) is 0 Å². The number of amides is 1. The Labute approximate surface area is 146 Å². The van der Waals surface area contributed by atoms with Crippen LogP contribution in [0.4, 0.5) is 4.79 Å². The van der Waals surface area contributed by atoms with E-state index in [0.717, 1.165) is 29.4 Å². The molecule has 0 aliphatic carbocycles. The number of fused-ring (bicyclic) bond motifs is 1. The Hall–Kier alpha value is -2.60. The van der Waals surface area contributed by atoms with E-state index in [4.69, 9.17) is 9.47 Å². The molecule has 1 aliphatic heterocycles. The molecule has 0 aromatic heterocycles. The van der Waals surface area contributed by atoms with Gasteiger partial charge in [0.1, 0.15) is 6.61 Å². The summed E-state index contributed by atoms with van der Waals surface area (Å²) in [6, 6.07) is 11.2. The van der Waals surface area contributed by atoms with E-state index in [-0.39, 0.29) is 18.7 Å². The van der Waals surface area contributed by atoms with Crippen LogP contribution in [0.2, 0.25) is 0 Å². The Morgan fingerprint density at radius 3 is 2.40 bits per heavy atom. The van der Waals surface area contributed by atoms with Crippen LogP contribution >= 0.6 is 0 Å². The van der Waals surface area contributed by atoms with Crippen molar-refractivity contribution in [1.29, 1.82) is 0 Å². The molecule has 2 aromatic carbocycles. The number of benzene rings is 2. The number of nitrogens with zero attached hydrogens (tertiary/aromatic N) is 2. The Bertz CT molecular complexity index is 782. The summed E-state index contributed by atoms with van der Waals surface area (Å²) < 4.78 is 10.2. The van der Waals surface area contributed by atoms with Crippen LogP contribution < -0.4 is 0 Å². The molecule has 0 atom stereocenters. The summed E-state index contributed by atoms with van der Waals surface area (Å²) in [5.41, 5.74) is 1.44. The van der Waals surface area contributed by atoms with Gasteiger partial charge in [-0.2, -0.15) is 0 Å². The van der Waals surface area contributed by atoms with E-state index in [1.807, 2.05) is 31.3 Å². The van der Waals surface area contributed by atoms with Gasteiger partial charge in [-0.15, -0.1) is 0 Å². The fourth-order valence-corrected chi connectivity index (χ4v) is 2.86. The lowest BCUT2D eigenvalue weighted by atomic mass is 10.0. The van der Waals surface area contributed by atoms with Crippen molar-refractivity contribution in [1.82, 2.24) is 9.80 Å². The van der Waals surface area contributed by atoms with Crippen molar-refractivity contribution < 1.29 is 19.1 Å². The Morgan fingerprint density at radius 2 is 1.68 bits per heavy atom. The number of carbonyl (C=O) groups is 2. The van der Waals surface area contributed by atoms with E-state index in [1.54, 1.807) is 17.0 Å². The minimum absolute atomic E-state index is 0.236. The molecule has 0 N–H and O–H groups in total. The van der Waals surface area contributed by atoms with Gasteiger partial charge in [0.2, 0.25) is 0 Å². The van der Waals surface area contributed by atoms with Gasteiger partial charge < -0.3 is 19.3 Å². The first-order valence-corrected chi connectivity index (χ1v) is 8.28. The molecule has 6 heteroatoms. The van der Waals surface area contributed by atoms with Crippen LogP contribution in [0, 0.1) is 0 Å². The molecule has 1 saturated heterocycles. The molecule has 25 heavy (non-hydrogen) atoms. The van der Waals surface area contributed by atoms with E-state index in [1.165, 1.54) is 7.11 Å². The molecule has 6 nitrogen and oxygen atoms in total. The second-order valence-electron chi connectivity index (χ2n) is 6.23. The van der Waals surface area contributed by atoms with Gasteiger partial charge in [0, 0.05) is 26.2 Å². The molecule has 1 fully saturated rings. The topological polar surface area (TPSA) is 59.1 Å². The van der Waals surface area contributed by atoms with Gasteiger partial charge >= 0.3 is 12.1 Å². The zero-order valence-corrected chi connectivity index (χ0v) is 14.5. The monoisotopic (exact) mass is 342 g/mol. The summed E-state index contributed by atoms with van der Waals surface area (Å²) in [4.78, 5) is 27.6. The number of ether oxygens (including phenoxy) is 2. The standard InChI is InChI=1S/C19H22N2O4/c1-20-7-9-21(10-8-20)19(23)25-13-14-3-4-16-12-17(18(22)24-2)6-5-15(16)11-14/h3-6,11-12H,7-10,13H2,1-2H3. The van der Waals surface area contributed by atoms with Crippen LogP contribution in [0.3, 0.4) is 0 Å². The third-order valence-electron chi connectivity index (χ3n) is 4.45. The molecule has 2 aromatic rings. The lowest BCUT2D eigenvalue weighted by Gasteiger charge is -2.31. The summed E-state index contributed by atoms with van der Waals surface area (Å²) in [7, 11) is 3.41. The van der Waals surface area contributed by atoms with Gasteiger partial charge in [-0.25, -0.2) is 9.59 Å². The molecule has 0 radical (unpaired) electrons. The van der Waals surface area contributed by atoms with Crippen LogP contribution in [0.25, 0.3) is 10.8 Å². The minimum Gasteiger partial charge on any atom is -0.465 e. The van der Waals surface area contributed by atoms with Gasteiger partial charge in [-0.1, -0.05) is 18.2 Å². The SMILES string of the molecule is COC(=O)c1ccc2cc(COC(=O)N3CCN(C)CC3)ccc2c1. The van der Waals surface area contributed by atoms with Crippen LogP contribution in [-0.4, -0.2) is 62.2 Å². The van der Waals surface area contributed by atoms with Crippen molar-refractivity contribution in [3.8, 4) is 0 Å². The largest absolute Gasteiger partial charge is 0.465 e. The number of carbonyl (C=O) groups excluding carboxylic acids is 2. The third kappa shape index (κ3) is 4.09. The average Bonchev–Trinajstić information content (AvgIpc) is 2.65. The maximum Gasteiger partial charge on any atom is 0.410 e. The fourth-order valence-electron chi connectivity index (χ4n) is 2.86. The first kappa shape index (κ1) is 17.2. The van der Waals surface area contributed by atoms with E-state index in [0.29, 0.717) is 18.7 Å². The zero-order chi connectivity index (χ0) is 17.8. The van der Waals surface area contributed by atoms with Crippen molar-refractivity contribution in [2.24, 2.45) is 0 Å². The summed E-state index contributed by atoms with van der Waals surface area (Å²) in [5, 5.41) is 1.93. The van der Waals surface area contributed by atoms with Crippen molar-refractivity contribution in [2.75, 3.05) is 40.3 Å². The van der Waals surface area contributed by atoms with Crippen LogP contribution in [0.5, 0.6) is 0 Å². The lowest BCUT2D eigenvalue weighted by molar-refractivity contribution is 0.0600. The zero-order valence-electron chi connectivity index (χ0n) is 14.5. The fraction of sp³-hybridized carbons (Fsp3) is 0.368. The molecule has 3 rings (SSSR count). The van der Waals surface area contributed by atoms with Crippen molar-refractivity contribution in [2.45, 2.75) is 6.61 Å². The van der Waals surface area contributed by atoms with Crippen LogP contribution in [0.1, 0.15) is 15.9 Å². The molecular weight excluding hydrogens is 320 g/mol. The van der Waals surface area contributed by atoms with Gasteiger partial charge in [0.15, 0.2) is 0 Å². The number of hydrogen-bond donors (Lipinski definition) is 0. The highest BCUT2D eigenvalue weighted by Crippen LogP contribution is 2.19. The number of esters is 1. The molecule has 1 aliphatic rings. The summed E-state index contributed by atoms with van der Waals surface area (Å²) >= 11 is 0. The van der Waals surface area contributed by atoms with Gasteiger partial charge in [-0.05, 0) is 41.6 Å². The minimum atomic E-state index is -0.355. The molecule has 132 valence electrons. The normalized spacial score (nSPS) is 15.2. The van der Waals surface area contributed by atoms with Crippen molar-refractivity contribution >= 4 is 22.8 Å². The second-order valence-corrected chi connectivity index (χ2v) is 6.23. The molecular formula is C19H22N2O4. The Morgan fingerprint density at radius 1 is 1.00 bits per heavy atom. The third-order valence-corrected chi connectivity index (χ3v) is 4.45. The number of rotatable bonds is 3. The van der Waals surface area contributed by atoms with E-state index in [2.05, 4.69) is 4.90 Å². The number of hydrogen-bond acceptors (Lipinski definition) is 5.